The van der Waals surface area contributed by atoms with Crippen molar-refractivity contribution in [2.45, 2.75) is 76.9 Å². The zero-order chi connectivity index (χ0) is 20.4. The molecule has 0 bridgehead atoms. The fourth-order valence-corrected chi connectivity index (χ4v) is 4.86. The van der Waals surface area contributed by atoms with Gasteiger partial charge in [-0.2, -0.15) is 0 Å². The highest BCUT2D eigenvalue weighted by Crippen LogP contribution is 2.33. The molecule has 4 rings (SSSR count). The molecule has 1 saturated carbocycles. The molecule has 0 atom stereocenters. The lowest BCUT2D eigenvalue weighted by atomic mass is 9.90. The Hall–Kier alpha value is -2.08. The first-order chi connectivity index (χ1) is 14.0. The van der Waals surface area contributed by atoms with Crippen molar-refractivity contribution in [2.75, 3.05) is 19.8 Å². The van der Waals surface area contributed by atoms with Gasteiger partial charge in [-0.15, -0.1) is 0 Å². The predicted octanol–water partition coefficient (Wildman–Crippen LogP) is 3.75. The van der Waals surface area contributed by atoms with Crippen molar-refractivity contribution in [2.24, 2.45) is 0 Å². The summed E-state index contributed by atoms with van der Waals surface area (Å²) in [7, 11) is 0. The number of nitrogens with zero attached hydrogens (tertiary/aromatic N) is 2. The van der Waals surface area contributed by atoms with Crippen molar-refractivity contribution >= 4 is 11.9 Å². The minimum absolute atomic E-state index is 0.0156. The molecule has 158 valence electrons. The molecule has 29 heavy (non-hydrogen) atoms. The standard InChI is InChI=1S/C23H33N3O3/c1-17-7-8-18(2)20(15-17)29-19-9-13-25(14-10-19)16-26-21(27)23(24-22(26)28)11-5-3-4-6-12-23/h7-8,15,19H,3-6,9-14,16H2,1-2H3,(H,24,28). The molecule has 3 amide bonds. The van der Waals surface area contributed by atoms with E-state index in [1.54, 1.807) is 0 Å². The van der Waals surface area contributed by atoms with Crippen molar-refractivity contribution in [3.8, 4) is 5.75 Å². The van der Waals surface area contributed by atoms with Crippen LogP contribution in [0.2, 0.25) is 0 Å². The summed E-state index contributed by atoms with van der Waals surface area (Å²) in [6, 6.07) is 6.08. The van der Waals surface area contributed by atoms with E-state index in [4.69, 9.17) is 4.74 Å². The van der Waals surface area contributed by atoms with Gasteiger partial charge in [0.1, 0.15) is 17.4 Å². The number of hydrogen-bond donors (Lipinski definition) is 1. The summed E-state index contributed by atoms with van der Waals surface area (Å²) in [5, 5.41) is 3.04. The molecule has 6 heteroatoms. The molecule has 2 saturated heterocycles. The van der Waals surface area contributed by atoms with Crippen molar-refractivity contribution < 1.29 is 14.3 Å². The second-order valence-electron chi connectivity index (χ2n) is 9.01. The normalized spacial score (nSPS) is 23.3. The summed E-state index contributed by atoms with van der Waals surface area (Å²) >= 11 is 0. The lowest BCUT2D eigenvalue weighted by Gasteiger charge is -2.34. The number of urea groups is 1. The number of nitrogens with one attached hydrogen (secondary N) is 1. The summed E-state index contributed by atoms with van der Waals surface area (Å²) in [6.07, 6.45) is 7.88. The number of piperidine rings is 1. The van der Waals surface area contributed by atoms with Gasteiger partial charge in [0.25, 0.3) is 5.91 Å². The van der Waals surface area contributed by atoms with Gasteiger partial charge in [0.15, 0.2) is 0 Å². The molecule has 1 aliphatic carbocycles. The molecule has 0 aromatic heterocycles. The van der Waals surface area contributed by atoms with Gasteiger partial charge in [-0.25, -0.2) is 9.69 Å². The number of imide groups is 1. The first-order valence-corrected chi connectivity index (χ1v) is 11.1. The average Bonchev–Trinajstić information content (AvgIpc) is 2.86. The molecular weight excluding hydrogens is 366 g/mol. The van der Waals surface area contributed by atoms with Crippen LogP contribution in [0.25, 0.3) is 0 Å². The van der Waals surface area contributed by atoms with Crippen LogP contribution < -0.4 is 10.1 Å². The van der Waals surface area contributed by atoms with Crippen LogP contribution in [0.4, 0.5) is 4.79 Å². The fraction of sp³-hybridized carbons (Fsp3) is 0.652. The number of rotatable bonds is 4. The molecule has 1 N–H and O–H groups in total. The molecule has 1 spiro atoms. The maximum atomic E-state index is 13.1. The minimum Gasteiger partial charge on any atom is -0.490 e. The van der Waals surface area contributed by atoms with Gasteiger partial charge in [-0.05, 0) is 56.7 Å². The highest BCUT2D eigenvalue weighted by molar-refractivity contribution is 6.07. The Morgan fingerprint density at radius 1 is 1.07 bits per heavy atom. The van der Waals surface area contributed by atoms with Crippen molar-refractivity contribution in [3.05, 3.63) is 29.3 Å². The lowest BCUT2D eigenvalue weighted by Crippen LogP contribution is -2.49. The number of amides is 3. The molecule has 6 nitrogen and oxygen atoms in total. The highest BCUT2D eigenvalue weighted by Gasteiger charge is 2.51. The van der Waals surface area contributed by atoms with E-state index in [9.17, 15) is 9.59 Å². The van der Waals surface area contributed by atoms with Crippen molar-refractivity contribution in [1.82, 2.24) is 15.1 Å². The number of likely N-dealkylation sites (tertiary alicyclic amines) is 1. The Morgan fingerprint density at radius 2 is 1.76 bits per heavy atom. The van der Waals surface area contributed by atoms with E-state index in [0.29, 0.717) is 6.67 Å². The summed E-state index contributed by atoms with van der Waals surface area (Å²) < 4.78 is 6.24. The third kappa shape index (κ3) is 4.27. The fourth-order valence-electron chi connectivity index (χ4n) is 4.86. The summed E-state index contributed by atoms with van der Waals surface area (Å²) in [5.41, 5.74) is 1.72. The van der Waals surface area contributed by atoms with Gasteiger partial charge in [-0.3, -0.25) is 9.69 Å². The van der Waals surface area contributed by atoms with E-state index in [2.05, 4.69) is 42.3 Å². The number of ether oxygens (including phenoxy) is 1. The second-order valence-corrected chi connectivity index (χ2v) is 9.01. The molecule has 0 unspecified atom stereocenters. The van der Waals surface area contributed by atoms with E-state index >= 15 is 0 Å². The van der Waals surface area contributed by atoms with Crippen LogP contribution in [0, 0.1) is 13.8 Å². The number of hydrogen-bond acceptors (Lipinski definition) is 4. The molecule has 3 aliphatic rings. The Morgan fingerprint density at radius 3 is 2.45 bits per heavy atom. The SMILES string of the molecule is Cc1ccc(C)c(OC2CCN(CN3C(=O)NC4(CCCCCC4)C3=O)CC2)c1. The predicted molar refractivity (Wildman–Crippen MR) is 112 cm³/mol. The van der Waals surface area contributed by atoms with Crippen LogP contribution in [0.3, 0.4) is 0 Å². The quantitative estimate of drug-likeness (QED) is 0.784. The van der Waals surface area contributed by atoms with Crippen LogP contribution >= 0.6 is 0 Å². The van der Waals surface area contributed by atoms with Crippen LogP contribution in [-0.2, 0) is 4.79 Å². The third-order valence-corrected chi connectivity index (χ3v) is 6.72. The van der Waals surface area contributed by atoms with E-state index in [1.165, 1.54) is 10.5 Å². The van der Waals surface area contributed by atoms with Gasteiger partial charge in [0, 0.05) is 13.1 Å². The topological polar surface area (TPSA) is 61.9 Å². The largest absolute Gasteiger partial charge is 0.490 e. The zero-order valence-electron chi connectivity index (χ0n) is 17.7. The highest BCUT2D eigenvalue weighted by atomic mass is 16.5. The number of aryl methyl sites for hydroxylation is 2. The van der Waals surface area contributed by atoms with Gasteiger partial charge < -0.3 is 10.1 Å². The molecule has 1 aromatic rings. The van der Waals surface area contributed by atoms with Crippen LogP contribution in [0.15, 0.2) is 18.2 Å². The number of benzene rings is 1. The zero-order valence-corrected chi connectivity index (χ0v) is 17.7. The molecule has 2 heterocycles. The minimum atomic E-state index is -0.641. The second kappa shape index (κ2) is 8.34. The van der Waals surface area contributed by atoms with E-state index in [1.807, 2.05) is 0 Å². The number of carbonyl (C=O) groups excluding carboxylic acids is 2. The van der Waals surface area contributed by atoms with Gasteiger partial charge in [0.05, 0.1) is 6.67 Å². The van der Waals surface area contributed by atoms with E-state index in [-0.39, 0.29) is 18.0 Å². The Bertz CT molecular complexity index is 763. The average molecular weight is 400 g/mol. The van der Waals surface area contributed by atoms with Crippen molar-refractivity contribution in [1.29, 1.82) is 0 Å². The maximum absolute atomic E-state index is 13.1. The third-order valence-electron chi connectivity index (χ3n) is 6.72. The summed E-state index contributed by atoms with van der Waals surface area (Å²) in [4.78, 5) is 29.3. The molecule has 2 aliphatic heterocycles. The van der Waals surface area contributed by atoms with Crippen LogP contribution in [0.5, 0.6) is 5.75 Å². The maximum Gasteiger partial charge on any atom is 0.326 e. The molecular formula is C23H33N3O3. The first kappa shape index (κ1) is 20.2. The molecule has 3 fully saturated rings. The smallest absolute Gasteiger partial charge is 0.326 e. The van der Waals surface area contributed by atoms with Crippen LogP contribution in [-0.4, -0.2) is 53.1 Å². The van der Waals surface area contributed by atoms with Gasteiger partial charge in [-0.1, -0.05) is 37.8 Å². The summed E-state index contributed by atoms with van der Waals surface area (Å²) in [6.45, 7) is 6.21. The molecule has 1 aromatic carbocycles. The van der Waals surface area contributed by atoms with Crippen LogP contribution in [0.1, 0.15) is 62.5 Å². The summed E-state index contributed by atoms with van der Waals surface area (Å²) in [5.74, 6) is 0.950. The monoisotopic (exact) mass is 399 g/mol. The van der Waals surface area contributed by atoms with Gasteiger partial charge in [0.2, 0.25) is 0 Å². The van der Waals surface area contributed by atoms with Crippen molar-refractivity contribution in [3.63, 3.8) is 0 Å². The van der Waals surface area contributed by atoms with Gasteiger partial charge >= 0.3 is 6.03 Å². The Labute approximate surface area is 173 Å². The Kier molecular flexibility index (Phi) is 5.81. The Balaban J connectivity index is 1.32. The first-order valence-electron chi connectivity index (χ1n) is 11.1. The lowest BCUT2D eigenvalue weighted by molar-refractivity contribution is -0.133. The molecule has 0 radical (unpaired) electrons. The number of carbonyl (C=O) groups is 2. The van der Waals surface area contributed by atoms with E-state index < -0.39 is 5.54 Å². The van der Waals surface area contributed by atoms with E-state index in [0.717, 1.165) is 75.8 Å².